The number of piperidine rings is 1. The van der Waals surface area contributed by atoms with E-state index in [1.54, 1.807) is 0 Å². The van der Waals surface area contributed by atoms with Crippen molar-refractivity contribution in [1.29, 1.82) is 0 Å². The zero-order valence-corrected chi connectivity index (χ0v) is 14.2. The maximum absolute atomic E-state index is 3.82. The van der Waals surface area contributed by atoms with Crippen LogP contribution in [-0.2, 0) is 0 Å². The molecular weight excluding hydrogens is 256 g/mol. The van der Waals surface area contributed by atoms with Crippen molar-refractivity contribution in [2.45, 2.75) is 59.0 Å². The van der Waals surface area contributed by atoms with Crippen LogP contribution in [-0.4, -0.2) is 30.6 Å². The van der Waals surface area contributed by atoms with Crippen LogP contribution < -0.4 is 5.32 Å². The van der Waals surface area contributed by atoms with Gasteiger partial charge in [-0.1, -0.05) is 36.8 Å². The molecule has 1 aliphatic heterocycles. The van der Waals surface area contributed by atoms with Crippen molar-refractivity contribution in [3.63, 3.8) is 0 Å². The van der Waals surface area contributed by atoms with Crippen molar-refractivity contribution in [2.75, 3.05) is 19.6 Å². The normalized spacial score (nSPS) is 20.4. The van der Waals surface area contributed by atoms with Gasteiger partial charge < -0.3 is 10.2 Å². The van der Waals surface area contributed by atoms with Crippen LogP contribution in [0.2, 0.25) is 0 Å². The third-order valence-electron chi connectivity index (χ3n) is 4.93. The summed E-state index contributed by atoms with van der Waals surface area (Å²) in [6.07, 6.45) is 3.96. The maximum atomic E-state index is 3.82. The number of hydrogen-bond acceptors (Lipinski definition) is 2. The van der Waals surface area contributed by atoms with E-state index >= 15 is 0 Å². The van der Waals surface area contributed by atoms with Gasteiger partial charge >= 0.3 is 0 Å². The molecule has 0 aliphatic carbocycles. The van der Waals surface area contributed by atoms with Crippen LogP contribution in [0, 0.1) is 12.8 Å². The summed E-state index contributed by atoms with van der Waals surface area (Å²) in [7, 11) is 0. The quantitative estimate of drug-likeness (QED) is 0.845. The lowest BCUT2D eigenvalue weighted by atomic mass is 9.89. The number of benzene rings is 1. The van der Waals surface area contributed by atoms with Crippen molar-refractivity contribution in [3.8, 4) is 0 Å². The van der Waals surface area contributed by atoms with E-state index in [4.69, 9.17) is 0 Å². The van der Waals surface area contributed by atoms with Gasteiger partial charge in [0.2, 0.25) is 0 Å². The van der Waals surface area contributed by atoms with Gasteiger partial charge in [-0.05, 0) is 71.1 Å². The van der Waals surface area contributed by atoms with Gasteiger partial charge in [0.25, 0.3) is 0 Å². The van der Waals surface area contributed by atoms with Crippen LogP contribution in [0.1, 0.15) is 57.2 Å². The summed E-state index contributed by atoms with van der Waals surface area (Å²) >= 11 is 0. The van der Waals surface area contributed by atoms with E-state index in [-0.39, 0.29) is 0 Å². The Kier molecular flexibility index (Phi) is 6.25. The molecule has 21 heavy (non-hydrogen) atoms. The molecule has 0 spiro atoms. The highest BCUT2D eigenvalue weighted by Crippen LogP contribution is 2.23. The molecule has 1 saturated heterocycles. The summed E-state index contributed by atoms with van der Waals surface area (Å²) < 4.78 is 0. The Morgan fingerprint density at radius 2 is 1.95 bits per heavy atom. The fourth-order valence-corrected chi connectivity index (χ4v) is 3.56. The summed E-state index contributed by atoms with van der Waals surface area (Å²) in [4.78, 5) is 2.62. The van der Waals surface area contributed by atoms with Gasteiger partial charge in [0.05, 0.1) is 0 Å². The molecule has 0 radical (unpaired) electrons. The lowest BCUT2D eigenvalue weighted by Crippen LogP contribution is -2.42. The van der Waals surface area contributed by atoms with Crippen molar-refractivity contribution < 1.29 is 0 Å². The van der Waals surface area contributed by atoms with E-state index in [0.717, 1.165) is 5.92 Å². The molecule has 1 N–H and O–H groups in total. The molecule has 0 bridgehead atoms. The number of nitrogens with zero attached hydrogens (tertiary/aromatic N) is 1. The van der Waals surface area contributed by atoms with Gasteiger partial charge in [-0.3, -0.25) is 0 Å². The molecule has 1 aromatic rings. The largest absolute Gasteiger partial charge is 0.307 e. The number of nitrogens with one attached hydrogen (secondary N) is 1. The van der Waals surface area contributed by atoms with Gasteiger partial charge in [-0.2, -0.15) is 0 Å². The van der Waals surface area contributed by atoms with Gasteiger partial charge in [0, 0.05) is 12.1 Å². The Morgan fingerprint density at radius 3 is 2.57 bits per heavy atom. The molecule has 2 nitrogen and oxygen atoms in total. The Labute approximate surface area is 130 Å². The molecule has 1 unspecified atom stereocenters. The highest BCUT2D eigenvalue weighted by molar-refractivity contribution is 5.24. The second-order valence-corrected chi connectivity index (χ2v) is 6.77. The molecule has 0 aromatic heterocycles. The minimum absolute atomic E-state index is 0.438. The monoisotopic (exact) mass is 288 g/mol. The van der Waals surface area contributed by atoms with Crippen molar-refractivity contribution in [3.05, 3.63) is 35.4 Å². The second kappa shape index (κ2) is 7.95. The Bertz CT molecular complexity index is 421. The molecular formula is C19H32N2. The smallest absolute Gasteiger partial charge is 0.0294 e. The fourth-order valence-electron chi connectivity index (χ4n) is 3.56. The molecule has 1 heterocycles. The number of hydrogen-bond donors (Lipinski definition) is 1. The van der Waals surface area contributed by atoms with Gasteiger partial charge in [0.1, 0.15) is 0 Å². The minimum atomic E-state index is 0.438. The zero-order chi connectivity index (χ0) is 15.2. The molecule has 2 rings (SSSR count). The van der Waals surface area contributed by atoms with E-state index in [0.29, 0.717) is 12.1 Å². The Morgan fingerprint density at radius 1 is 1.24 bits per heavy atom. The molecule has 1 fully saturated rings. The summed E-state index contributed by atoms with van der Waals surface area (Å²) in [5.41, 5.74) is 2.76. The summed E-state index contributed by atoms with van der Waals surface area (Å²) in [6, 6.07) is 9.91. The number of aryl methyl sites for hydroxylation is 1. The molecule has 1 aromatic carbocycles. The third-order valence-corrected chi connectivity index (χ3v) is 4.93. The van der Waals surface area contributed by atoms with Crippen LogP contribution in [0.25, 0.3) is 0 Å². The minimum Gasteiger partial charge on any atom is -0.307 e. The van der Waals surface area contributed by atoms with Crippen LogP contribution in [0.5, 0.6) is 0 Å². The predicted octanol–water partition coefficient (Wildman–Crippen LogP) is 4.16. The average Bonchev–Trinajstić information content (AvgIpc) is 2.48. The van der Waals surface area contributed by atoms with E-state index in [1.807, 2.05) is 0 Å². The molecule has 1 aliphatic rings. The fraction of sp³-hybridized carbons (Fsp3) is 0.684. The third kappa shape index (κ3) is 4.82. The second-order valence-electron chi connectivity index (χ2n) is 6.77. The van der Waals surface area contributed by atoms with E-state index < -0.39 is 0 Å². The first kappa shape index (κ1) is 16.5. The maximum Gasteiger partial charge on any atom is 0.0294 e. The first-order chi connectivity index (χ1) is 10.1. The van der Waals surface area contributed by atoms with Gasteiger partial charge in [-0.15, -0.1) is 0 Å². The number of likely N-dealkylation sites (tertiary alicyclic amines) is 1. The van der Waals surface area contributed by atoms with E-state index in [1.165, 1.54) is 50.0 Å². The van der Waals surface area contributed by atoms with Crippen LogP contribution in [0.4, 0.5) is 0 Å². The standard InChI is InChI=1S/C19H32N2/c1-5-11-21-12-9-18(10-13-21)16(3)20-17(4)19-8-6-7-15(2)14-19/h6-8,14,16-18,20H,5,9-13H2,1-4H3/t16?,17-/m0/s1. The Hall–Kier alpha value is -0.860. The SMILES string of the molecule is CCCN1CCC(C(C)N[C@@H](C)c2cccc(C)c2)CC1. The lowest BCUT2D eigenvalue weighted by Gasteiger charge is -2.36. The van der Waals surface area contributed by atoms with Crippen LogP contribution in [0.15, 0.2) is 24.3 Å². The van der Waals surface area contributed by atoms with Crippen molar-refractivity contribution in [1.82, 2.24) is 10.2 Å². The van der Waals surface area contributed by atoms with Crippen LogP contribution in [0.3, 0.4) is 0 Å². The topological polar surface area (TPSA) is 15.3 Å². The first-order valence-electron chi connectivity index (χ1n) is 8.65. The number of rotatable bonds is 6. The summed E-state index contributed by atoms with van der Waals surface area (Å²) in [5.74, 6) is 0.824. The average molecular weight is 288 g/mol. The predicted molar refractivity (Wildman–Crippen MR) is 91.6 cm³/mol. The highest BCUT2D eigenvalue weighted by atomic mass is 15.1. The lowest BCUT2D eigenvalue weighted by molar-refractivity contribution is 0.159. The summed E-state index contributed by atoms with van der Waals surface area (Å²) in [5, 5.41) is 3.82. The molecule has 0 amide bonds. The summed E-state index contributed by atoms with van der Waals surface area (Å²) in [6.45, 7) is 12.9. The van der Waals surface area contributed by atoms with Crippen molar-refractivity contribution in [2.24, 2.45) is 5.92 Å². The molecule has 118 valence electrons. The van der Waals surface area contributed by atoms with Crippen molar-refractivity contribution >= 4 is 0 Å². The Balaban J connectivity index is 1.83. The molecule has 2 atom stereocenters. The van der Waals surface area contributed by atoms with Gasteiger partial charge in [0.15, 0.2) is 0 Å². The molecule has 0 saturated carbocycles. The molecule has 2 heteroatoms. The highest BCUT2D eigenvalue weighted by Gasteiger charge is 2.24. The van der Waals surface area contributed by atoms with E-state index in [2.05, 4.69) is 62.2 Å². The van der Waals surface area contributed by atoms with Crippen LogP contribution >= 0.6 is 0 Å². The first-order valence-corrected chi connectivity index (χ1v) is 8.65. The van der Waals surface area contributed by atoms with Gasteiger partial charge in [-0.25, -0.2) is 0 Å². The van der Waals surface area contributed by atoms with E-state index in [9.17, 15) is 0 Å². The zero-order valence-electron chi connectivity index (χ0n) is 14.2.